The number of halogens is 1. The number of benzene rings is 1. The molecule has 1 unspecified atom stereocenters. The van der Waals surface area contributed by atoms with Gasteiger partial charge in [0.05, 0.1) is 13.3 Å². The fourth-order valence-electron chi connectivity index (χ4n) is 2.35. The van der Waals surface area contributed by atoms with Crippen LogP contribution < -0.4 is 20.7 Å². The highest BCUT2D eigenvalue weighted by Gasteiger charge is 2.19. The summed E-state index contributed by atoms with van der Waals surface area (Å²) in [6.07, 6.45) is 3.43. The summed E-state index contributed by atoms with van der Waals surface area (Å²) in [5.74, 6) is 0.320. The lowest BCUT2D eigenvalue weighted by Gasteiger charge is -2.14. The van der Waals surface area contributed by atoms with Crippen LogP contribution in [0.3, 0.4) is 0 Å². The first-order valence-corrected chi connectivity index (χ1v) is 7.91. The molecule has 1 aromatic carbocycles. The Morgan fingerprint density at radius 1 is 1.19 bits per heavy atom. The lowest BCUT2D eigenvalue weighted by molar-refractivity contribution is -0.123. The number of nitrogens with one attached hydrogen (secondary N) is 3. The van der Waals surface area contributed by atoms with Crippen LogP contribution in [0.2, 0.25) is 0 Å². The van der Waals surface area contributed by atoms with Gasteiger partial charge >= 0.3 is 0 Å². The van der Waals surface area contributed by atoms with Crippen molar-refractivity contribution in [1.29, 1.82) is 0 Å². The first-order valence-electron chi connectivity index (χ1n) is 7.91. The number of nitrogens with zero attached hydrogens (tertiary/aromatic N) is 2. The third kappa shape index (κ3) is 5.75. The largest absolute Gasteiger partial charge is 0.497 e. The van der Waals surface area contributed by atoms with Gasteiger partial charge in [0, 0.05) is 37.5 Å². The van der Waals surface area contributed by atoms with Crippen molar-refractivity contribution in [2.24, 2.45) is 7.05 Å². The molecule has 0 spiro atoms. The van der Waals surface area contributed by atoms with Gasteiger partial charge in [-0.1, -0.05) is 0 Å². The molecule has 1 aromatic heterocycles. The van der Waals surface area contributed by atoms with E-state index in [1.165, 1.54) is 0 Å². The highest BCUT2D eigenvalue weighted by atomic mass is 35.5. The first kappa shape index (κ1) is 21.5. The van der Waals surface area contributed by atoms with Gasteiger partial charge in [0.2, 0.25) is 5.91 Å². The van der Waals surface area contributed by atoms with Crippen LogP contribution in [0, 0.1) is 0 Å². The molecule has 1 atom stereocenters. The van der Waals surface area contributed by atoms with Crippen molar-refractivity contribution < 1.29 is 14.3 Å². The van der Waals surface area contributed by atoms with E-state index in [9.17, 15) is 9.59 Å². The number of hydrogen-bond acceptors (Lipinski definition) is 5. The minimum absolute atomic E-state index is 0. The van der Waals surface area contributed by atoms with Gasteiger partial charge in [0.25, 0.3) is 5.91 Å². The Morgan fingerprint density at radius 2 is 1.85 bits per heavy atom. The second kappa shape index (κ2) is 10.4. The Kier molecular flexibility index (Phi) is 8.60. The van der Waals surface area contributed by atoms with Crippen molar-refractivity contribution in [3.05, 3.63) is 47.8 Å². The number of aromatic nitrogens is 2. The maximum absolute atomic E-state index is 12.2. The Balaban J connectivity index is 0.00000338. The predicted molar refractivity (Wildman–Crippen MR) is 101 cm³/mol. The van der Waals surface area contributed by atoms with Crippen LogP contribution in [0.15, 0.2) is 36.7 Å². The summed E-state index contributed by atoms with van der Waals surface area (Å²) >= 11 is 0. The van der Waals surface area contributed by atoms with E-state index >= 15 is 0 Å². The molecule has 0 radical (unpaired) electrons. The fourth-order valence-corrected chi connectivity index (χ4v) is 2.35. The zero-order valence-corrected chi connectivity index (χ0v) is 15.8. The molecule has 0 bridgehead atoms. The Morgan fingerprint density at radius 3 is 2.38 bits per heavy atom. The molecule has 2 amide bonds. The van der Waals surface area contributed by atoms with Crippen molar-refractivity contribution >= 4 is 24.2 Å². The standard InChI is InChI=1S/C17H23N5O3.ClH/c1-18-15(13-10-21-22(2)11-13)17(24)20-9-8-19-16(23)12-4-6-14(25-3)7-5-12;/h4-7,10-11,15,18H,8-9H2,1-3H3,(H,19,23)(H,20,24);1H. The topological polar surface area (TPSA) is 97.3 Å². The molecule has 2 rings (SSSR count). The number of amides is 2. The van der Waals surface area contributed by atoms with E-state index < -0.39 is 6.04 Å². The average molecular weight is 382 g/mol. The predicted octanol–water partition coefficient (Wildman–Crippen LogP) is 0.657. The van der Waals surface area contributed by atoms with Crippen LogP contribution in [0.5, 0.6) is 5.75 Å². The van der Waals surface area contributed by atoms with Gasteiger partial charge in [0.15, 0.2) is 0 Å². The molecule has 0 fully saturated rings. The summed E-state index contributed by atoms with van der Waals surface area (Å²) in [6, 6.07) is 6.34. The van der Waals surface area contributed by atoms with Gasteiger partial charge in [-0.2, -0.15) is 5.10 Å². The van der Waals surface area contributed by atoms with E-state index in [2.05, 4.69) is 21.0 Å². The Bertz CT molecular complexity index is 717. The summed E-state index contributed by atoms with van der Waals surface area (Å²) in [5.41, 5.74) is 1.32. The highest BCUT2D eigenvalue weighted by Crippen LogP contribution is 2.11. The lowest BCUT2D eigenvalue weighted by atomic mass is 10.1. The van der Waals surface area contributed by atoms with Crippen LogP contribution in [-0.4, -0.2) is 48.8 Å². The number of carbonyl (C=O) groups excluding carboxylic acids is 2. The van der Waals surface area contributed by atoms with Crippen LogP contribution in [-0.2, 0) is 11.8 Å². The normalized spacial score (nSPS) is 11.2. The molecule has 0 saturated heterocycles. The second-order valence-corrected chi connectivity index (χ2v) is 5.44. The monoisotopic (exact) mass is 381 g/mol. The van der Waals surface area contributed by atoms with Crippen LogP contribution in [0.4, 0.5) is 0 Å². The maximum Gasteiger partial charge on any atom is 0.251 e. The van der Waals surface area contributed by atoms with Gasteiger partial charge in [-0.3, -0.25) is 14.3 Å². The van der Waals surface area contributed by atoms with Crippen molar-refractivity contribution in [1.82, 2.24) is 25.7 Å². The number of carbonyl (C=O) groups is 2. The number of hydrogen-bond donors (Lipinski definition) is 3. The minimum Gasteiger partial charge on any atom is -0.497 e. The van der Waals surface area contributed by atoms with Crippen molar-refractivity contribution in [2.75, 3.05) is 27.2 Å². The molecule has 0 aliphatic heterocycles. The second-order valence-electron chi connectivity index (χ2n) is 5.44. The van der Waals surface area contributed by atoms with Crippen LogP contribution in [0.1, 0.15) is 22.0 Å². The molecular formula is C17H24ClN5O3. The maximum atomic E-state index is 12.2. The van der Waals surface area contributed by atoms with Crippen molar-refractivity contribution in [3.8, 4) is 5.75 Å². The molecule has 142 valence electrons. The molecule has 8 nitrogen and oxygen atoms in total. The van der Waals surface area contributed by atoms with Gasteiger partial charge in [-0.25, -0.2) is 0 Å². The van der Waals surface area contributed by atoms with Crippen molar-refractivity contribution in [3.63, 3.8) is 0 Å². The quantitative estimate of drug-likeness (QED) is 0.583. The highest BCUT2D eigenvalue weighted by molar-refractivity contribution is 5.94. The van der Waals surface area contributed by atoms with Crippen molar-refractivity contribution in [2.45, 2.75) is 6.04 Å². The van der Waals surface area contributed by atoms with E-state index in [1.54, 1.807) is 62.5 Å². The van der Waals surface area contributed by atoms with E-state index in [4.69, 9.17) is 4.74 Å². The summed E-state index contributed by atoms with van der Waals surface area (Å²) in [6.45, 7) is 0.666. The first-order chi connectivity index (χ1) is 12.0. The third-order valence-electron chi connectivity index (χ3n) is 3.67. The minimum atomic E-state index is -0.481. The molecule has 0 aliphatic carbocycles. The summed E-state index contributed by atoms with van der Waals surface area (Å²) in [4.78, 5) is 24.2. The zero-order chi connectivity index (χ0) is 18.2. The molecular weight excluding hydrogens is 358 g/mol. The molecule has 9 heteroatoms. The molecule has 3 N–H and O–H groups in total. The number of methoxy groups -OCH3 is 1. The number of likely N-dealkylation sites (N-methyl/N-ethyl adjacent to an activating group) is 1. The molecule has 1 heterocycles. The van der Waals surface area contributed by atoms with Crippen LogP contribution in [0.25, 0.3) is 0 Å². The van der Waals surface area contributed by atoms with E-state index in [1.807, 2.05) is 0 Å². The number of aryl methyl sites for hydroxylation is 1. The Labute approximate surface area is 158 Å². The smallest absolute Gasteiger partial charge is 0.251 e. The molecule has 0 aliphatic rings. The number of rotatable bonds is 8. The molecule has 2 aromatic rings. The van der Waals surface area contributed by atoms with E-state index in [-0.39, 0.29) is 24.2 Å². The van der Waals surface area contributed by atoms with Crippen LogP contribution >= 0.6 is 12.4 Å². The summed E-state index contributed by atoms with van der Waals surface area (Å²) in [7, 11) is 5.08. The molecule has 0 saturated carbocycles. The zero-order valence-electron chi connectivity index (χ0n) is 15.0. The summed E-state index contributed by atoms with van der Waals surface area (Å²) in [5, 5.41) is 12.6. The lowest BCUT2D eigenvalue weighted by Crippen LogP contribution is -2.40. The molecule has 26 heavy (non-hydrogen) atoms. The van der Waals surface area contributed by atoms with Gasteiger partial charge in [-0.05, 0) is 31.3 Å². The third-order valence-corrected chi connectivity index (χ3v) is 3.67. The average Bonchev–Trinajstić information content (AvgIpc) is 3.05. The van der Waals surface area contributed by atoms with Gasteiger partial charge in [-0.15, -0.1) is 12.4 Å². The van der Waals surface area contributed by atoms with E-state index in [0.29, 0.717) is 24.4 Å². The number of ether oxygens (including phenoxy) is 1. The fraction of sp³-hybridized carbons (Fsp3) is 0.353. The van der Waals surface area contributed by atoms with E-state index in [0.717, 1.165) is 5.56 Å². The Hall–Kier alpha value is -2.58. The summed E-state index contributed by atoms with van der Waals surface area (Å²) < 4.78 is 6.69. The van der Waals surface area contributed by atoms with Gasteiger partial charge < -0.3 is 20.7 Å². The SMILES string of the molecule is CNC(C(=O)NCCNC(=O)c1ccc(OC)cc1)c1cnn(C)c1.Cl. The van der Waals surface area contributed by atoms with Gasteiger partial charge in [0.1, 0.15) is 11.8 Å².